The number of hydrogen-bond acceptors (Lipinski definition) is 7. The van der Waals surface area contributed by atoms with Crippen molar-refractivity contribution < 1.29 is 31.5 Å². The molecule has 0 spiro atoms. The Labute approximate surface area is 240 Å². The van der Waals surface area contributed by atoms with E-state index in [9.17, 15) is 22.4 Å². The van der Waals surface area contributed by atoms with Gasteiger partial charge in [-0.3, -0.25) is 18.9 Å². The summed E-state index contributed by atoms with van der Waals surface area (Å²) in [7, 11) is -3.93. The fourth-order valence-electron chi connectivity index (χ4n) is 4.03. The van der Waals surface area contributed by atoms with Gasteiger partial charge in [-0.05, 0) is 56.2 Å². The van der Waals surface area contributed by atoms with E-state index in [0.29, 0.717) is 16.1 Å². The average molecular weight is 605 g/mol. The number of pyridine rings is 1. The van der Waals surface area contributed by atoms with Crippen LogP contribution in [0.2, 0.25) is 5.02 Å². The standard InChI is InChI=1S/C28H27ClF2N4O5S/c1-4-11-41(38,39)34-22-10-9-21(30)23(24(22)31)25(36)20-14-35(15-40-27(37)28(2,3)32)26-19(20)12-17(13-33-26)16-5-7-18(29)8-6-16/h5-10,12-14,34H,4,11,15,32H2,1-3H3. The largest absolute Gasteiger partial charge is 0.442 e. The topological polar surface area (TPSA) is 133 Å². The fraction of sp³-hybridized carbons (Fsp3) is 0.250. The van der Waals surface area contributed by atoms with Gasteiger partial charge >= 0.3 is 5.97 Å². The van der Waals surface area contributed by atoms with Crippen LogP contribution in [-0.4, -0.2) is 41.0 Å². The molecule has 9 nitrogen and oxygen atoms in total. The van der Waals surface area contributed by atoms with E-state index in [0.717, 1.165) is 12.1 Å². The number of halogens is 3. The highest BCUT2D eigenvalue weighted by atomic mass is 35.5. The monoisotopic (exact) mass is 604 g/mol. The minimum absolute atomic E-state index is 0.155. The molecule has 4 rings (SSSR count). The lowest BCUT2D eigenvalue weighted by Crippen LogP contribution is -2.43. The van der Waals surface area contributed by atoms with E-state index in [1.54, 1.807) is 37.3 Å². The highest BCUT2D eigenvalue weighted by Crippen LogP contribution is 2.31. The van der Waals surface area contributed by atoms with Crippen LogP contribution in [0.5, 0.6) is 0 Å². The van der Waals surface area contributed by atoms with E-state index in [1.165, 1.54) is 30.8 Å². The number of nitrogens with one attached hydrogen (secondary N) is 1. The second kappa shape index (κ2) is 11.6. The number of aromatic nitrogens is 2. The van der Waals surface area contributed by atoms with Crippen LogP contribution in [0.25, 0.3) is 22.2 Å². The van der Waals surface area contributed by atoms with Crippen LogP contribution in [0, 0.1) is 11.6 Å². The zero-order valence-electron chi connectivity index (χ0n) is 22.4. The molecular weight excluding hydrogens is 578 g/mol. The Bertz CT molecular complexity index is 1750. The lowest BCUT2D eigenvalue weighted by atomic mass is 10.00. The van der Waals surface area contributed by atoms with Crippen LogP contribution >= 0.6 is 11.6 Å². The smallest absolute Gasteiger partial charge is 0.327 e. The molecular formula is C28H27ClF2N4O5S. The molecule has 0 aliphatic carbocycles. The Kier molecular flexibility index (Phi) is 8.48. The van der Waals surface area contributed by atoms with Crippen LogP contribution < -0.4 is 10.5 Å². The number of carbonyl (C=O) groups excluding carboxylic acids is 2. The van der Waals surface area contributed by atoms with Crippen LogP contribution in [0.4, 0.5) is 14.5 Å². The highest BCUT2D eigenvalue weighted by Gasteiger charge is 2.28. The predicted molar refractivity (Wildman–Crippen MR) is 152 cm³/mol. The number of anilines is 1. The molecule has 0 bridgehead atoms. The minimum atomic E-state index is -3.93. The summed E-state index contributed by atoms with van der Waals surface area (Å²) in [5.41, 5.74) is 4.29. The maximum atomic E-state index is 15.5. The first kappa shape index (κ1) is 30.1. The maximum absolute atomic E-state index is 15.5. The van der Waals surface area contributed by atoms with Gasteiger partial charge in [0.05, 0.1) is 22.6 Å². The number of esters is 1. The van der Waals surface area contributed by atoms with Crippen molar-refractivity contribution in [2.24, 2.45) is 5.73 Å². The van der Waals surface area contributed by atoms with Gasteiger partial charge < -0.3 is 10.5 Å². The van der Waals surface area contributed by atoms with Crippen LogP contribution in [0.15, 0.2) is 54.9 Å². The van der Waals surface area contributed by atoms with Gasteiger partial charge in [0.1, 0.15) is 17.0 Å². The van der Waals surface area contributed by atoms with E-state index >= 15 is 4.39 Å². The first-order valence-corrected chi connectivity index (χ1v) is 14.5. The van der Waals surface area contributed by atoms with Crippen molar-refractivity contribution in [3.63, 3.8) is 0 Å². The number of ether oxygens (including phenoxy) is 1. The number of nitrogens with zero attached hydrogens (tertiary/aromatic N) is 2. The Balaban J connectivity index is 1.85. The molecule has 3 N–H and O–H groups in total. The van der Waals surface area contributed by atoms with E-state index < -0.39 is 56.9 Å². The second-order valence-electron chi connectivity index (χ2n) is 9.93. The van der Waals surface area contributed by atoms with Gasteiger partial charge in [0.15, 0.2) is 12.5 Å². The third-order valence-corrected chi connectivity index (χ3v) is 7.78. The number of hydrogen-bond donors (Lipinski definition) is 2. The van der Waals surface area contributed by atoms with Crippen molar-refractivity contribution in [3.05, 3.63) is 82.6 Å². The molecule has 2 aromatic heterocycles. The van der Waals surface area contributed by atoms with E-state index in [4.69, 9.17) is 22.1 Å². The van der Waals surface area contributed by atoms with Gasteiger partial charge in [-0.1, -0.05) is 30.7 Å². The lowest BCUT2D eigenvalue weighted by Gasteiger charge is -2.17. The van der Waals surface area contributed by atoms with Crippen molar-refractivity contribution in [2.75, 3.05) is 10.5 Å². The molecule has 0 fully saturated rings. The summed E-state index contributed by atoms with van der Waals surface area (Å²) in [6, 6.07) is 10.1. The SMILES string of the molecule is CCCS(=O)(=O)Nc1ccc(F)c(C(=O)c2cn(COC(=O)C(C)(C)N)c3ncc(-c4ccc(Cl)cc4)cc23)c1F. The van der Waals surface area contributed by atoms with E-state index in [1.807, 2.05) is 0 Å². The Morgan fingerprint density at radius 3 is 2.44 bits per heavy atom. The molecule has 0 aliphatic rings. The molecule has 216 valence electrons. The Hall–Kier alpha value is -3.87. The third-order valence-electron chi connectivity index (χ3n) is 6.05. The predicted octanol–water partition coefficient (Wildman–Crippen LogP) is 5.26. The van der Waals surface area contributed by atoms with Gasteiger partial charge in [-0.2, -0.15) is 0 Å². The number of fused-ring (bicyclic) bond motifs is 1. The van der Waals surface area contributed by atoms with Gasteiger partial charge in [0, 0.05) is 28.4 Å². The maximum Gasteiger partial charge on any atom is 0.327 e. The number of rotatable bonds is 10. The van der Waals surface area contributed by atoms with E-state index in [-0.39, 0.29) is 28.8 Å². The molecule has 0 radical (unpaired) electrons. The molecule has 0 atom stereocenters. The number of benzene rings is 2. The Morgan fingerprint density at radius 1 is 1.12 bits per heavy atom. The molecule has 0 saturated carbocycles. The highest BCUT2D eigenvalue weighted by molar-refractivity contribution is 7.92. The van der Waals surface area contributed by atoms with Crippen LogP contribution in [0.1, 0.15) is 43.1 Å². The summed E-state index contributed by atoms with van der Waals surface area (Å²) >= 11 is 6.00. The second-order valence-corrected chi connectivity index (χ2v) is 12.2. The number of nitrogens with two attached hydrogens (primary N) is 1. The summed E-state index contributed by atoms with van der Waals surface area (Å²) in [5.74, 6) is -4.65. The molecule has 0 unspecified atom stereocenters. The summed E-state index contributed by atoms with van der Waals surface area (Å²) < 4.78 is 63.6. The summed E-state index contributed by atoms with van der Waals surface area (Å²) in [4.78, 5) is 30.4. The molecule has 2 aromatic carbocycles. The van der Waals surface area contributed by atoms with Crippen LogP contribution in [0.3, 0.4) is 0 Å². The molecule has 0 saturated heterocycles. The van der Waals surface area contributed by atoms with Crippen molar-refractivity contribution in [3.8, 4) is 11.1 Å². The van der Waals surface area contributed by atoms with Crippen molar-refractivity contribution in [1.82, 2.24) is 9.55 Å². The normalized spacial score (nSPS) is 12.0. The third kappa shape index (κ3) is 6.55. The average Bonchev–Trinajstić information content (AvgIpc) is 3.26. The Morgan fingerprint density at radius 2 is 1.80 bits per heavy atom. The van der Waals surface area contributed by atoms with Gasteiger partial charge in [-0.15, -0.1) is 0 Å². The first-order valence-electron chi connectivity index (χ1n) is 12.5. The number of carbonyl (C=O) groups is 2. The lowest BCUT2D eigenvalue weighted by molar-refractivity contribution is -0.152. The van der Waals surface area contributed by atoms with Gasteiger partial charge in [-0.25, -0.2) is 22.2 Å². The summed E-state index contributed by atoms with van der Waals surface area (Å²) in [6.45, 7) is 4.16. The van der Waals surface area contributed by atoms with Crippen molar-refractivity contribution in [2.45, 2.75) is 39.5 Å². The molecule has 0 amide bonds. The van der Waals surface area contributed by atoms with E-state index in [2.05, 4.69) is 9.71 Å². The molecule has 4 aromatic rings. The zero-order chi connectivity index (χ0) is 30.1. The number of ketones is 1. The van der Waals surface area contributed by atoms with Crippen molar-refractivity contribution >= 4 is 50.1 Å². The number of sulfonamides is 1. The van der Waals surface area contributed by atoms with Gasteiger partial charge in [0.2, 0.25) is 15.8 Å². The molecule has 41 heavy (non-hydrogen) atoms. The quantitative estimate of drug-likeness (QED) is 0.186. The minimum Gasteiger partial charge on any atom is -0.442 e. The van der Waals surface area contributed by atoms with Crippen LogP contribution in [-0.2, 0) is 26.3 Å². The first-order chi connectivity index (χ1) is 19.2. The zero-order valence-corrected chi connectivity index (χ0v) is 23.9. The summed E-state index contributed by atoms with van der Waals surface area (Å²) in [6.07, 6.45) is 3.04. The molecule has 0 aliphatic heterocycles. The summed E-state index contributed by atoms with van der Waals surface area (Å²) in [5, 5.41) is 0.719. The van der Waals surface area contributed by atoms with Crippen molar-refractivity contribution in [1.29, 1.82) is 0 Å². The fourth-order valence-corrected chi connectivity index (χ4v) is 5.28. The van der Waals surface area contributed by atoms with Gasteiger partial charge in [0.25, 0.3) is 0 Å². The molecule has 2 heterocycles. The molecule has 13 heteroatoms.